The second-order valence-corrected chi connectivity index (χ2v) is 3.47. The van der Waals surface area contributed by atoms with Crippen LogP contribution in [0.4, 0.5) is 11.8 Å². The SMILES string of the molecule is c1cnc(Nc2cc3ccccc3[nH]2)nc1. The van der Waals surface area contributed by atoms with E-state index in [1.165, 1.54) is 5.39 Å². The van der Waals surface area contributed by atoms with Gasteiger partial charge in [0.05, 0.1) is 0 Å². The molecule has 2 heterocycles. The predicted octanol–water partition coefficient (Wildman–Crippen LogP) is 2.70. The Hall–Kier alpha value is -2.36. The van der Waals surface area contributed by atoms with E-state index < -0.39 is 0 Å². The Morgan fingerprint density at radius 1 is 1.00 bits per heavy atom. The monoisotopic (exact) mass is 210 g/mol. The summed E-state index contributed by atoms with van der Waals surface area (Å²) in [6.07, 6.45) is 3.41. The normalized spacial score (nSPS) is 10.5. The van der Waals surface area contributed by atoms with E-state index in [0.717, 1.165) is 11.3 Å². The van der Waals surface area contributed by atoms with Crippen molar-refractivity contribution in [2.75, 3.05) is 5.32 Å². The molecule has 0 unspecified atom stereocenters. The second-order valence-electron chi connectivity index (χ2n) is 3.47. The van der Waals surface area contributed by atoms with Crippen molar-refractivity contribution in [3.05, 3.63) is 48.8 Å². The van der Waals surface area contributed by atoms with Crippen LogP contribution in [-0.4, -0.2) is 15.0 Å². The first-order valence-corrected chi connectivity index (χ1v) is 5.03. The van der Waals surface area contributed by atoms with Crippen LogP contribution in [0.1, 0.15) is 0 Å². The lowest BCUT2D eigenvalue weighted by molar-refractivity contribution is 1.16. The molecule has 3 rings (SSSR count). The van der Waals surface area contributed by atoms with E-state index in [4.69, 9.17) is 0 Å². The van der Waals surface area contributed by atoms with Gasteiger partial charge in [-0.25, -0.2) is 9.97 Å². The van der Waals surface area contributed by atoms with Crippen LogP contribution in [0.15, 0.2) is 48.8 Å². The zero-order valence-corrected chi connectivity index (χ0v) is 8.51. The summed E-state index contributed by atoms with van der Waals surface area (Å²) in [5.74, 6) is 1.49. The van der Waals surface area contributed by atoms with E-state index in [0.29, 0.717) is 5.95 Å². The largest absolute Gasteiger partial charge is 0.341 e. The van der Waals surface area contributed by atoms with E-state index in [1.54, 1.807) is 18.5 Å². The molecule has 0 fully saturated rings. The van der Waals surface area contributed by atoms with Gasteiger partial charge in [0.15, 0.2) is 0 Å². The van der Waals surface area contributed by atoms with Crippen molar-refractivity contribution in [3.8, 4) is 0 Å². The summed E-state index contributed by atoms with van der Waals surface area (Å²) in [5, 5.41) is 4.28. The lowest BCUT2D eigenvalue weighted by Gasteiger charge is -1.99. The summed E-state index contributed by atoms with van der Waals surface area (Å²) < 4.78 is 0. The highest BCUT2D eigenvalue weighted by Crippen LogP contribution is 2.19. The lowest BCUT2D eigenvalue weighted by atomic mass is 10.2. The van der Waals surface area contributed by atoms with Crippen molar-refractivity contribution in [2.24, 2.45) is 0 Å². The van der Waals surface area contributed by atoms with Crippen LogP contribution in [0.2, 0.25) is 0 Å². The van der Waals surface area contributed by atoms with Crippen LogP contribution in [0.5, 0.6) is 0 Å². The Labute approximate surface area is 92.4 Å². The Kier molecular flexibility index (Phi) is 2.04. The molecule has 0 radical (unpaired) electrons. The first-order valence-electron chi connectivity index (χ1n) is 5.03. The number of rotatable bonds is 2. The topological polar surface area (TPSA) is 53.6 Å². The standard InChI is InChI=1S/C12H10N4/c1-2-5-10-9(4-1)8-11(15-10)16-12-13-6-3-7-14-12/h1-8,15H,(H,13,14,16). The Morgan fingerprint density at radius 3 is 2.62 bits per heavy atom. The van der Waals surface area contributed by atoms with Gasteiger partial charge in [0.2, 0.25) is 5.95 Å². The van der Waals surface area contributed by atoms with Gasteiger partial charge in [-0.1, -0.05) is 18.2 Å². The van der Waals surface area contributed by atoms with Crippen LogP contribution >= 0.6 is 0 Å². The third kappa shape index (κ3) is 1.61. The fourth-order valence-electron chi connectivity index (χ4n) is 1.62. The average molecular weight is 210 g/mol. The summed E-state index contributed by atoms with van der Waals surface area (Å²) in [7, 11) is 0. The van der Waals surface area contributed by atoms with Gasteiger partial charge in [-0.05, 0) is 18.2 Å². The molecule has 0 amide bonds. The quantitative estimate of drug-likeness (QED) is 0.683. The van der Waals surface area contributed by atoms with Crippen molar-refractivity contribution in [3.63, 3.8) is 0 Å². The van der Waals surface area contributed by atoms with Crippen LogP contribution in [0, 0.1) is 0 Å². The Balaban J connectivity index is 1.95. The minimum atomic E-state index is 0.592. The van der Waals surface area contributed by atoms with E-state index in [2.05, 4.69) is 26.3 Å². The molecule has 1 aromatic carbocycles. The number of nitrogens with one attached hydrogen (secondary N) is 2. The van der Waals surface area contributed by atoms with Crippen LogP contribution in [0.3, 0.4) is 0 Å². The van der Waals surface area contributed by atoms with E-state index in [-0.39, 0.29) is 0 Å². The molecule has 0 spiro atoms. The van der Waals surface area contributed by atoms with Crippen molar-refractivity contribution in [2.45, 2.75) is 0 Å². The summed E-state index contributed by atoms with van der Waals surface area (Å²) in [4.78, 5) is 11.5. The van der Waals surface area contributed by atoms with E-state index in [9.17, 15) is 0 Å². The fourth-order valence-corrected chi connectivity index (χ4v) is 1.62. The van der Waals surface area contributed by atoms with Gasteiger partial charge in [-0.2, -0.15) is 0 Å². The van der Waals surface area contributed by atoms with Crippen molar-refractivity contribution in [1.82, 2.24) is 15.0 Å². The number of anilines is 2. The number of hydrogen-bond donors (Lipinski definition) is 2. The zero-order valence-electron chi connectivity index (χ0n) is 8.51. The number of H-pyrrole nitrogens is 1. The van der Waals surface area contributed by atoms with Crippen molar-refractivity contribution >= 4 is 22.7 Å². The number of para-hydroxylation sites is 1. The minimum absolute atomic E-state index is 0.592. The number of nitrogens with zero attached hydrogens (tertiary/aromatic N) is 2. The molecule has 2 aromatic heterocycles. The molecule has 0 bridgehead atoms. The summed E-state index contributed by atoms with van der Waals surface area (Å²) in [5.41, 5.74) is 1.10. The van der Waals surface area contributed by atoms with Gasteiger partial charge in [0, 0.05) is 23.3 Å². The molecule has 0 saturated heterocycles. The summed E-state index contributed by atoms with van der Waals surface area (Å²) in [6.45, 7) is 0. The third-order valence-corrected chi connectivity index (χ3v) is 2.34. The van der Waals surface area contributed by atoms with Crippen molar-refractivity contribution in [1.29, 1.82) is 0 Å². The molecule has 16 heavy (non-hydrogen) atoms. The predicted molar refractivity (Wildman–Crippen MR) is 63.6 cm³/mol. The molecule has 4 nitrogen and oxygen atoms in total. The molecule has 3 aromatic rings. The van der Waals surface area contributed by atoms with Gasteiger partial charge < -0.3 is 10.3 Å². The lowest BCUT2D eigenvalue weighted by Crippen LogP contribution is -1.95. The molecule has 2 N–H and O–H groups in total. The number of aromatic amines is 1. The van der Waals surface area contributed by atoms with E-state index >= 15 is 0 Å². The maximum Gasteiger partial charge on any atom is 0.228 e. The van der Waals surface area contributed by atoms with E-state index in [1.807, 2.05) is 24.3 Å². The molecule has 0 aliphatic rings. The summed E-state index contributed by atoms with van der Waals surface area (Å²) in [6, 6.07) is 11.9. The first-order chi connectivity index (χ1) is 7.92. The van der Waals surface area contributed by atoms with Gasteiger partial charge >= 0.3 is 0 Å². The average Bonchev–Trinajstić information content (AvgIpc) is 2.72. The molecule has 0 aliphatic carbocycles. The third-order valence-electron chi connectivity index (χ3n) is 2.34. The molecule has 0 aliphatic heterocycles. The number of aromatic nitrogens is 3. The highest BCUT2D eigenvalue weighted by Gasteiger charge is 2.00. The molecular weight excluding hydrogens is 200 g/mol. The molecule has 0 atom stereocenters. The Bertz CT molecular complexity index is 567. The second kappa shape index (κ2) is 3.66. The van der Waals surface area contributed by atoms with Crippen LogP contribution in [-0.2, 0) is 0 Å². The van der Waals surface area contributed by atoms with Gasteiger partial charge in [0.25, 0.3) is 0 Å². The number of fused-ring (bicyclic) bond motifs is 1. The zero-order chi connectivity index (χ0) is 10.8. The molecule has 0 saturated carbocycles. The number of hydrogen-bond acceptors (Lipinski definition) is 3. The van der Waals surface area contributed by atoms with Crippen molar-refractivity contribution < 1.29 is 0 Å². The maximum atomic E-state index is 4.10. The van der Waals surface area contributed by atoms with Gasteiger partial charge in [0.1, 0.15) is 5.82 Å². The Morgan fingerprint density at radius 2 is 1.81 bits per heavy atom. The van der Waals surface area contributed by atoms with Gasteiger partial charge in [-0.3, -0.25) is 0 Å². The molecule has 4 heteroatoms. The minimum Gasteiger partial charge on any atom is -0.341 e. The highest BCUT2D eigenvalue weighted by molar-refractivity contribution is 5.84. The highest BCUT2D eigenvalue weighted by atomic mass is 15.1. The smallest absolute Gasteiger partial charge is 0.228 e. The molecular formula is C12H10N4. The first kappa shape index (κ1) is 8.91. The summed E-state index contributed by atoms with van der Waals surface area (Å²) >= 11 is 0. The molecule has 78 valence electrons. The number of benzene rings is 1. The van der Waals surface area contributed by atoms with Crippen LogP contribution in [0.25, 0.3) is 10.9 Å². The van der Waals surface area contributed by atoms with Crippen LogP contribution < -0.4 is 5.32 Å². The van der Waals surface area contributed by atoms with Gasteiger partial charge in [-0.15, -0.1) is 0 Å². The fraction of sp³-hybridized carbons (Fsp3) is 0. The maximum absolute atomic E-state index is 4.10.